The molecule has 1 rings (SSSR count). The van der Waals surface area contributed by atoms with E-state index in [0.29, 0.717) is 11.8 Å². The lowest BCUT2D eigenvalue weighted by molar-refractivity contribution is 0.827. The van der Waals surface area contributed by atoms with E-state index in [2.05, 4.69) is 53.7 Å². The molecule has 0 nitrogen and oxygen atoms in total. The summed E-state index contributed by atoms with van der Waals surface area (Å²) in [5.74, 6) is 1.08. The maximum absolute atomic E-state index is 4.06. The fourth-order valence-electron chi connectivity index (χ4n) is 1.80. The van der Waals surface area contributed by atoms with E-state index in [-0.39, 0.29) is 0 Å². The minimum absolute atomic E-state index is 0.542. The predicted octanol–water partition coefficient (Wildman–Crippen LogP) is 4.30. The first-order valence-corrected chi connectivity index (χ1v) is 5.25. The number of rotatable bonds is 2. The van der Waals surface area contributed by atoms with Gasteiger partial charge in [0, 0.05) is 0 Å². The van der Waals surface area contributed by atoms with Crippen LogP contribution in [0, 0.1) is 13.8 Å². The van der Waals surface area contributed by atoms with Gasteiger partial charge in [0.2, 0.25) is 0 Å². The Kier molecular flexibility index (Phi) is 3.36. The molecule has 0 aliphatic heterocycles. The van der Waals surface area contributed by atoms with Gasteiger partial charge in [-0.2, -0.15) is 0 Å². The number of hydrogen-bond donors (Lipinski definition) is 0. The van der Waals surface area contributed by atoms with Gasteiger partial charge in [0.05, 0.1) is 0 Å². The van der Waals surface area contributed by atoms with E-state index in [4.69, 9.17) is 0 Å². The zero-order chi connectivity index (χ0) is 10.9. The summed E-state index contributed by atoms with van der Waals surface area (Å²) >= 11 is 0. The summed E-state index contributed by atoms with van der Waals surface area (Å²) in [5.41, 5.74) is 4.94. The predicted molar refractivity (Wildman–Crippen MR) is 63.5 cm³/mol. The molecule has 0 fully saturated rings. The van der Waals surface area contributed by atoms with Gasteiger partial charge in [-0.3, -0.25) is 0 Å². The van der Waals surface area contributed by atoms with Crippen LogP contribution in [0.3, 0.4) is 0 Å². The van der Waals surface area contributed by atoms with Gasteiger partial charge in [0.1, 0.15) is 0 Å². The Labute approximate surface area is 88.4 Å². The van der Waals surface area contributed by atoms with Crippen LogP contribution in [0.2, 0.25) is 0 Å². The maximum Gasteiger partial charge on any atom is -0.0216 e. The average Bonchev–Trinajstić information content (AvgIpc) is 2.02. The van der Waals surface area contributed by atoms with Gasteiger partial charge in [-0.25, -0.2) is 0 Å². The highest BCUT2D eigenvalue weighted by Crippen LogP contribution is 2.27. The maximum atomic E-state index is 4.06. The molecule has 76 valence electrons. The molecule has 1 aromatic rings. The van der Waals surface area contributed by atoms with E-state index in [9.17, 15) is 0 Å². The lowest BCUT2D eigenvalue weighted by Gasteiger charge is -2.16. The molecule has 0 saturated carbocycles. The topological polar surface area (TPSA) is 0 Å². The van der Waals surface area contributed by atoms with Crippen molar-refractivity contribution >= 4 is 0 Å². The summed E-state index contributed by atoms with van der Waals surface area (Å²) in [4.78, 5) is 0. The van der Waals surface area contributed by atoms with Crippen LogP contribution in [0.1, 0.15) is 61.8 Å². The number of benzene rings is 1. The van der Waals surface area contributed by atoms with Crippen molar-refractivity contribution in [2.75, 3.05) is 0 Å². The second kappa shape index (κ2) is 4.16. The summed E-state index contributed by atoms with van der Waals surface area (Å²) in [6.45, 7) is 16.9. The lowest BCUT2D eigenvalue weighted by atomic mass is 9.89. The van der Waals surface area contributed by atoms with Gasteiger partial charge in [-0.15, -0.1) is 0 Å². The molecule has 0 unspecified atom stereocenters. The molecule has 14 heavy (non-hydrogen) atoms. The highest BCUT2D eigenvalue weighted by atomic mass is 14.1. The van der Waals surface area contributed by atoms with Crippen molar-refractivity contribution in [3.63, 3.8) is 0 Å². The van der Waals surface area contributed by atoms with E-state index < -0.39 is 0 Å². The minimum atomic E-state index is 0.542. The van der Waals surface area contributed by atoms with Crippen molar-refractivity contribution in [2.45, 2.75) is 39.5 Å². The van der Waals surface area contributed by atoms with E-state index >= 15 is 0 Å². The van der Waals surface area contributed by atoms with Crippen molar-refractivity contribution < 1.29 is 0 Å². The highest BCUT2D eigenvalue weighted by molar-refractivity contribution is 5.43. The summed E-state index contributed by atoms with van der Waals surface area (Å²) in [7, 11) is 0. The van der Waals surface area contributed by atoms with E-state index in [1.54, 1.807) is 0 Å². The highest BCUT2D eigenvalue weighted by Gasteiger charge is 2.09. The molecule has 0 aromatic heterocycles. The van der Waals surface area contributed by atoms with Crippen LogP contribution in [0.4, 0.5) is 0 Å². The average molecular weight is 188 g/mol. The van der Waals surface area contributed by atoms with Crippen LogP contribution in [-0.4, -0.2) is 0 Å². The second-order valence-corrected chi connectivity index (χ2v) is 4.56. The van der Waals surface area contributed by atoms with Crippen molar-refractivity contribution in [1.82, 2.24) is 0 Å². The minimum Gasteiger partial charge on any atom is -0.0587 e. The number of hydrogen-bond acceptors (Lipinski definition) is 0. The second-order valence-electron chi connectivity index (χ2n) is 4.56. The summed E-state index contributed by atoms with van der Waals surface area (Å²) in [5, 5.41) is 0. The Morgan fingerprint density at radius 1 is 0.786 bits per heavy atom. The first-order valence-electron chi connectivity index (χ1n) is 5.25. The summed E-state index contributed by atoms with van der Waals surface area (Å²) in [6.07, 6.45) is 0. The monoisotopic (exact) mass is 188 g/mol. The van der Waals surface area contributed by atoms with Gasteiger partial charge >= 0.3 is 0 Å². The van der Waals surface area contributed by atoms with E-state index in [1.165, 1.54) is 11.1 Å². The molecule has 0 amide bonds. The van der Waals surface area contributed by atoms with E-state index in [0.717, 1.165) is 11.1 Å². The van der Waals surface area contributed by atoms with Crippen LogP contribution in [0.25, 0.3) is 0 Å². The Bertz CT molecular complexity index is 290. The van der Waals surface area contributed by atoms with Crippen molar-refractivity contribution in [3.05, 3.63) is 48.2 Å². The molecule has 0 heterocycles. The molecule has 0 saturated heterocycles. The Balaban J connectivity index is 3.27. The Morgan fingerprint density at radius 2 is 1.14 bits per heavy atom. The first-order chi connectivity index (χ1) is 6.43. The zero-order valence-electron chi connectivity index (χ0n) is 9.72. The van der Waals surface area contributed by atoms with Gasteiger partial charge < -0.3 is 0 Å². The van der Waals surface area contributed by atoms with Gasteiger partial charge in [-0.05, 0) is 47.9 Å². The smallest absolute Gasteiger partial charge is 0.0216 e. The van der Waals surface area contributed by atoms with Crippen molar-refractivity contribution in [2.24, 2.45) is 0 Å². The van der Waals surface area contributed by atoms with Crippen LogP contribution in [-0.2, 0) is 0 Å². The quantitative estimate of drug-likeness (QED) is 0.649. The SMILES string of the molecule is [CH2]c1cc([CH2])c(C(C)C)cc1C(C)C. The normalized spacial score (nSPS) is 11.4. The van der Waals surface area contributed by atoms with Crippen LogP contribution in [0.15, 0.2) is 12.1 Å². The van der Waals surface area contributed by atoms with Crippen LogP contribution < -0.4 is 0 Å². The first kappa shape index (κ1) is 11.3. The molecule has 0 aliphatic rings. The largest absolute Gasteiger partial charge is 0.0587 e. The standard InChI is InChI=1S/C14H20/c1-9(2)13-8-14(10(3)4)12(6)7-11(13)5/h7-10H,5-6H2,1-4H3. The third kappa shape index (κ3) is 2.17. The molecule has 0 atom stereocenters. The third-order valence-corrected chi connectivity index (χ3v) is 2.65. The molecule has 0 heteroatoms. The molecule has 1 aromatic carbocycles. The van der Waals surface area contributed by atoms with E-state index in [1.807, 2.05) is 0 Å². The van der Waals surface area contributed by atoms with Gasteiger partial charge in [-0.1, -0.05) is 39.8 Å². The van der Waals surface area contributed by atoms with Crippen LogP contribution >= 0.6 is 0 Å². The van der Waals surface area contributed by atoms with Gasteiger partial charge in [0.25, 0.3) is 0 Å². The fourth-order valence-corrected chi connectivity index (χ4v) is 1.80. The molecule has 0 spiro atoms. The van der Waals surface area contributed by atoms with Crippen LogP contribution in [0.5, 0.6) is 0 Å². The summed E-state index contributed by atoms with van der Waals surface area (Å²) in [6, 6.07) is 4.37. The molecule has 0 N–H and O–H groups in total. The Hall–Kier alpha value is -0.780. The molecular formula is C14H20. The van der Waals surface area contributed by atoms with Crippen molar-refractivity contribution in [1.29, 1.82) is 0 Å². The fraction of sp³-hybridized carbons (Fsp3) is 0.429. The molecule has 0 bridgehead atoms. The third-order valence-electron chi connectivity index (χ3n) is 2.65. The van der Waals surface area contributed by atoms with Gasteiger partial charge in [0.15, 0.2) is 0 Å². The van der Waals surface area contributed by atoms with Crippen molar-refractivity contribution in [3.8, 4) is 0 Å². The summed E-state index contributed by atoms with van der Waals surface area (Å²) < 4.78 is 0. The Morgan fingerprint density at radius 3 is 1.43 bits per heavy atom. The molecule has 2 radical (unpaired) electrons. The lowest BCUT2D eigenvalue weighted by Crippen LogP contribution is -1.99. The zero-order valence-corrected chi connectivity index (χ0v) is 9.72. The molecular weight excluding hydrogens is 168 g/mol. The molecule has 0 aliphatic carbocycles.